The number of ether oxygens (including phenoxy) is 2. The molecule has 0 radical (unpaired) electrons. The molecule has 1 heterocycles. The first kappa shape index (κ1) is 11.0. The molecule has 0 aromatic rings. The minimum Gasteiger partial charge on any atom is -0.458 e. The maximum atomic E-state index is 11.4. The normalized spacial score (nSPS) is 22.8. The highest BCUT2D eigenvalue weighted by Gasteiger charge is 2.29. The Morgan fingerprint density at radius 3 is 2.71 bits per heavy atom. The molecule has 80 valence electrons. The molecular weight excluding hydrogens is 186 g/mol. The second kappa shape index (κ2) is 3.96. The van der Waals surface area contributed by atoms with Crippen molar-refractivity contribution in [2.75, 3.05) is 13.2 Å². The molecule has 14 heavy (non-hydrogen) atoms. The molecule has 1 N–H and O–H groups in total. The highest BCUT2D eigenvalue weighted by molar-refractivity contribution is 5.86. The van der Waals surface area contributed by atoms with Crippen molar-refractivity contribution in [1.82, 2.24) is 5.32 Å². The second-order valence-corrected chi connectivity index (χ2v) is 4.17. The Morgan fingerprint density at radius 2 is 2.21 bits per heavy atom. The fourth-order valence-electron chi connectivity index (χ4n) is 1.05. The lowest BCUT2D eigenvalue weighted by Crippen LogP contribution is -2.51. The van der Waals surface area contributed by atoms with Gasteiger partial charge < -0.3 is 14.8 Å². The van der Waals surface area contributed by atoms with Crippen LogP contribution in [0.25, 0.3) is 0 Å². The van der Waals surface area contributed by atoms with E-state index in [4.69, 9.17) is 9.47 Å². The van der Waals surface area contributed by atoms with Gasteiger partial charge in [-0.2, -0.15) is 0 Å². The third kappa shape index (κ3) is 3.33. The summed E-state index contributed by atoms with van der Waals surface area (Å²) in [6, 6.07) is -0.671. The lowest BCUT2D eigenvalue weighted by Gasteiger charge is -2.26. The Morgan fingerprint density at radius 1 is 1.57 bits per heavy atom. The standard InChI is InChI=1S/C9H15NO4/c1-9(2,3)14-8(12)6-4-13-5-7(11)10-6/h6H,4-5H2,1-3H3,(H,10,11)/t6-/m1/s1. The van der Waals surface area contributed by atoms with Gasteiger partial charge in [0.05, 0.1) is 6.61 Å². The smallest absolute Gasteiger partial charge is 0.331 e. The van der Waals surface area contributed by atoms with Gasteiger partial charge in [-0.1, -0.05) is 0 Å². The predicted octanol–water partition coefficient (Wildman–Crippen LogP) is -0.157. The third-order valence-corrected chi connectivity index (χ3v) is 1.54. The number of hydrogen-bond donors (Lipinski definition) is 1. The first-order valence-corrected chi connectivity index (χ1v) is 4.48. The number of amides is 1. The van der Waals surface area contributed by atoms with Gasteiger partial charge in [0.25, 0.3) is 0 Å². The van der Waals surface area contributed by atoms with Crippen LogP contribution in [0.4, 0.5) is 0 Å². The molecule has 5 heteroatoms. The molecule has 0 unspecified atom stereocenters. The molecule has 0 saturated carbocycles. The molecule has 0 aliphatic carbocycles. The molecule has 1 aliphatic heterocycles. The van der Waals surface area contributed by atoms with E-state index in [1.165, 1.54) is 0 Å². The van der Waals surface area contributed by atoms with Crippen molar-refractivity contribution in [3.63, 3.8) is 0 Å². The highest BCUT2D eigenvalue weighted by atomic mass is 16.6. The number of hydrogen-bond acceptors (Lipinski definition) is 4. The van der Waals surface area contributed by atoms with Crippen LogP contribution in [0.2, 0.25) is 0 Å². The molecule has 0 aromatic heterocycles. The maximum absolute atomic E-state index is 11.4. The van der Waals surface area contributed by atoms with Crippen LogP contribution in [0.5, 0.6) is 0 Å². The minimum atomic E-state index is -0.671. The molecule has 1 atom stereocenters. The first-order valence-electron chi connectivity index (χ1n) is 4.48. The summed E-state index contributed by atoms with van der Waals surface area (Å²) in [7, 11) is 0. The van der Waals surface area contributed by atoms with E-state index in [0.717, 1.165) is 0 Å². The molecule has 1 amide bonds. The van der Waals surface area contributed by atoms with Crippen molar-refractivity contribution in [2.45, 2.75) is 32.4 Å². The fourth-order valence-corrected chi connectivity index (χ4v) is 1.05. The van der Waals surface area contributed by atoms with E-state index in [1.54, 1.807) is 20.8 Å². The number of esters is 1. The van der Waals surface area contributed by atoms with Gasteiger partial charge in [-0.25, -0.2) is 4.79 Å². The van der Waals surface area contributed by atoms with Gasteiger partial charge >= 0.3 is 5.97 Å². The van der Waals surface area contributed by atoms with Crippen LogP contribution in [0, 0.1) is 0 Å². The van der Waals surface area contributed by atoms with Crippen molar-refractivity contribution in [1.29, 1.82) is 0 Å². The summed E-state index contributed by atoms with van der Waals surface area (Å²) in [6.45, 7) is 5.52. The average molecular weight is 201 g/mol. The van der Waals surface area contributed by atoms with E-state index in [0.29, 0.717) is 0 Å². The lowest BCUT2D eigenvalue weighted by molar-refractivity contribution is -0.163. The maximum Gasteiger partial charge on any atom is 0.331 e. The summed E-state index contributed by atoms with van der Waals surface area (Å²) in [5.74, 6) is -0.738. The van der Waals surface area contributed by atoms with Crippen molar-refractivity contribution in [3.8, 4) is 0 Å². The zero-order valence-electron chi connectivity index (χ0n) is 8.62. The fraction of sp³-hybridized carbons (Fsp3) is 0.778. The zero-order valence-corrected chi connectivity index (χ0v) is 8.62. The number of carbonyl (C=O) groups is 2. The van der Waals surface area contributed by atoms with Crippen LogP contribution >= 0.6 is 0 Å². The SMILES string of the molecule is CC(C)(C)OC(=O)[C@H]1COCC(=O)N1. The largest absolute Gasteiger partial charge is 0.458 e. The van der Waals surface area contributed by atoms with Gasteiger partial charge in [-0.15, -0.1) is 0 Å². The van der Waals surface area contributed by atoms with Gasteiger partial charge in [-0.3, -0.25) is 4.79 Å². The Labute approximate surface area is 82.8 Å². The summed E-state index contributed by atoms with van der Waals surface area (Å²) < 4.78 is 10.0. The minimum absolute atomic E-state index is 0.0132. The van der Waals surface area contributed by atoms with E-state index < -0.39 is 17.6 Å². The molecule has 0 bridgehead atoms. The number of carbonyl (C=O) groups excluding carboxylic acids is 2. The summed E-state index contributed by atoms with van der Waals surface area (Å²) in [4.78, 5) is 22.3. The number of morpholine rings is 1. The Bertz CT molecular complexity index is 244. The lowest BCUT2D eigenvalue weighted by atomic mass is 10.2. The van der Waals surface area contributed by atoms with Crippen LogP contribution in [0.15, 0.2) is 0 Å². The van der Waals surface area contributed by atoms with Crippen LogP contribution in [0.1, 0.15) is 20.8 Å². The zero-order chi connectivity index (χ0) is 10.8. The van der Waals surface area contributed by atoms with Crippen molar-refractivity contribution < 1.29 is 19.1 Å². The molecule has 1 aliphatic rings. The van der Waals surface area contributed by atoms with Gasteiger partial charge in [0.2, 0.25) is 5.91 Å². The molecule has 0 spiro atoms. The Hall–Kier alpha value is -1.10. The molecule has 1 fully saturated rings. The Kier molecular flexibility index (Phi) is 3.10. The summed E-state index contributed by atoms with van der Waals surface area (Å²) in [6.07, 6.45) is 0. The monoisotopic (exact) mass is 201 g/mol. The average Bonchev–Trinajstić information content (AvgIpc) is 2.01. The van der Waals surface area contributed by atoms with Crippen LogP contribution in [-0.4, -0.2) is 36.7 Å². The molecule has 0 aromatic carbocycles. The predicted molar refractivity (Wildman–Crippen MR) is 48.6 cm³/mol. The molecular formula is C9H15NO4. The Balaban J connectivity index is 2.48. The highest BCUT2D eigenvalue weighted by Crippen LogP contribution is 2.09. The van der Waals surface area contributed by atoms with Crippen LogP contribution < -0.4 is 5.32 Å². The molecule has 1 rings (SSSR count). The second-order valence-electron chi connectivity index (χ2n) is 4.17. The van der Waals surface area contributed by atoms with E-state index in [1.807, 2.05) is 0 Å². The van der Waals surface area contributed by atoms with Crippen LogP contribution in [0.3, 0.4) is 0 Å². The van der Waals surface area contributed by atoms with E-state index in [-0.39, 0.29) is 19.1 Å². The molecule has 1 saturated heterocycles. The van der Waals surface area contributed by atoms with E-state index in [2.05, 4.69) is 5.32 Å². The molecule has 5 nitrogen and oxygen atoms in total. The first-order chi connectivity index (χ1) is 6.38. The van der Waals surface area contributed by atoms with Gasteiger partial charge in [0.1, 0.15) is 12.2 Å². The van der Waals surface area contributed by atoms with Gasteiger partial charge in [0.15, 0.2) is 6.04 Å². The number of nitrogens with one attached hydrogen (secondary N) is 1. The van der Waals surface area contributed by atoms with Gasteiger partial charge in [0, 0.05) is 0 Å². The van der Waals surface area contributed by atoms with Crippen molar-refractivity contribution in [2.24, 2.45) is 0 Å². The van der Waals surface area contributed by atoms with Crippen molar-refractivity contribution >= 4 is 11.9 Å². The summed E-state index contributed by atoms with van der Waals surface area (Å²) in [5, 5.41) is 2.50. The van der Waals surface area contributed by atoms with Crippen LogP contribution in [-0.2, 0) is 19.1 Å². The number of rotatable bonds is 1. The van der Waals surface area contributed by atoms with E-state index >= 15 is 0 Å². The third-order valence-electron chi connectivity index (χ3n) is 1.54. The summed E-state index contributed by atoms with van der Waals surface area (Å²) in [5.41, 5.74) is -0.542. The van der Waals surface area contributed by atoms with E-state index in [9.17, 15) is 9.59 Å². The summed E-state index contributed by atoms with van der Waals surface area (Å²) >= 11 is 0. The topological polar surface area (TPSA) is 64.6 Å². The van der Waals surface area contributed by atoms with Crippen molar-refractivity contribution in [3.05, 3.63) is 0 Å². The van der Waals surface area contributed by atoms with Gasteiger partial charge in [-0.05, 0) is 20.8 Å². The quantitative estimate of drug-likeness (QED) is 0.599.